The van der Waals surface area contributed by atoms with Crippen molar-refractivity contribution < 1.29 is 13.5 Å². The van der Waals surface area contributed by atoms with Gasteiger partial charge in [0.1, 0.15) is 11.4 Å². The van der Waals surface area contributed by atoms with Crippen molar-refractivity contribution in [3.8, 4) is 28.2 Å². The third-order valence-electron chi connectivity index (χ3n) is 5.58. The van der Waals surface area contributed by atoms with Crippen LogP contribution >= 0.6 is 23.2 Å². The summed E-state index contributed by atoms with van der Waals surface area (Å²) >= 11 is 13.2. The summed E-state index contributed by atoms with van der Waals surface area (Å²) in [4.78, 5) is 4.95. The minimum atomic E-state index is -3.36. The van der Waals surface area contributed by atoms with Gasteiger partial charge >= 0.3 is 0 Å². The van der Waals surface area contributed by atoms with Crippen LogP contribution in [0.4, 0.5) is 0 Å². The summed E-state index contributed by atoms with van der Waals surface area (Å²) in [6, 6.07) is 18.2. The van der Waals surface area contributed by atoms with E-state index in [-0.39, 0.29) is 4.90 Å². The first-order chi connectivity index (χ1) is 15.9. The molecule has 0 radical (unpaired) electrons. The minimum Gasteiger partial charge on any atom is -0.384 e. The lowest BCUT2D eigenvalue weighted by Gasteiger charge is -2.14. The maximum absolute atomic E-state index is 12.2. The third kappa shape index (κ3) is 4.77. The molecule has 8 heteroatoms. The highest BCUT2D eigenvalue weighted by atomic mass is 35.5. The average Bonchev–Trinajstić information content (AvgIpc) is 3.19. The first-order valence-electron chi connectivity index (χ1n) is 10.5. The first-order valence-corrected chi connectivity index (χ1v) is 13.2. The number of imidazole rings is 1. The standard InChI is InChI=1S/C26H24Cl2N2O3S/c1-16-9-10-18(14-23(16)34(4,32)33)17-11-12-22(21(28)13-17)30-15-24(26(2,3)31)29-25(30)19-7-5-6-8-20(19)27/h5-15,31H,1-4H3. The molecule has 0 saturated carbocycles. The van der Waals surface area contributed by atoms with Gasteiger partial charge in [-0.3, -0.25) is 4.57 Å². The number of halogens is 2. The highest BCUT2D eigenvalue weighted by Crippen LogP contribution is 2.36. The van der Waals surface area contributed by atoms with Gasteiger partial charge in [0.05, 0.1) is 26.3 Å². The van der Waals surface area contributed by atoms with E-state index < -0.39 is 15.4 Å². The van der Waals surface area contributed by atoms with Crippen molar-refractivity contribution in [3.63, 3.8) is 0 Å². The van der Waals surface area contributed by atoms with E-state index in [0.717, 1.165) is 11.1 Å². The van der Waals surface area contributed by atoms with E-state index in [2.05, 4.69) is 4.98 Å². The zero-order valence-corrected chi connectivity index (χ0v) is 21.5. The van der Waals surface area contributed by atoms with E-state index in [1.54, 1.807) is 55.8 Å². The van der Waals surface area contributed by atoms with Gasteiger partial charge in [0, 0.05) is 18.0 Å². The number of rotatable bonds is 5. The van der Waals surface area contributed by atoms with Crippen molar-refractivity contribution in [1.82, 2.24) is 9.55 Å². The second-order valence-electron chi connectivity index (χ2n) is 8.78. The highest BCUT2D eigenvalue weighted by molar-refractivity contribution is 7.90. The summed E-state index contributed by atoms with van der Waals surface area (Å²) in [5.41, 5.74) is 2.87. The van der Waals surface area contributed by atoms with E-state index in [9.17, 15) is 13.5 Å². The molecule has 0 bridgehead atoms. The van der Waals surface area contributed by atoms with E-state index in [1.165, 1.54) is 6.26 Å². The summed E-state index contributed by atoms with van der Waals surface area (Å²) in [6.45, 7) is 5.10. The number of sulfone groups is 1. The van der Waals surface area contributed by atoms with Gasteiger partial charge < -0.3 is 5.11 Å². The largest absolute Gasteiger partial charge is 0.384 e. The second-order valence-corrected chi connectivity index (χ2v) is 11.6. The van der Waals surface area contributed by atoms with E-state index in [4.69, 9.17) is 23.2 Å². The fourth-order valence-electron chi connectivity index (χ4n) is 3.75. The fraction of sp³-hybridized carbons (Fsp3) is 0.192. The molecule has 176 valence electrons. The topological polar surface area (TPSA) is 72.2 Å². The third-order valence-corrected chi connectivity index (χ3v) is 7.45. The van der Waals surface area contributed by atoms with Crippen LogP contribution in [0.3, 0.4) is 0 Å². The van der Waals surface area contributed by atoms with Crippen LogP contribution in [0.2, 0.25) is 10.0 Å². The predicted octanol–water partition coefficient (Wildman–Crippen LogP) is 6.45. The number of benzene rings is 3. The molecule has 0 aliphatic heterocycles. The molecule has 4 aromatic rings. The number of hydrogen-bond acceptors (Lipinski definition) is 4. The molecule has 5 nitrogen and oxygen atoms in total. The Hall–Kier alpha value is -2.64. The van der Waals surface area contributed by atoms with Crippen molar-refractivity contribution >= 4 is 33.0 Å². The molecule has 0 amide bonds. The molecule has 0 aliphatic carbocycles. The SMILES string of the molecule is Cc1ccc(-c2ccc(-n3cc(C(C)(C)O)nc3-c3ccccc3Cl)c(Cl)c2)cc1S(C)(=O)=O. The molecule has 34 heavy (non-hydrogen) atoms. The minimum absolute atomic E-state index is 0.288. The van der Waals surface area contributed by atoms with Crippen molar-refractivity contribution in [2.24, 2.45) is 0 Å². The molecule has 0 aliphatic rings. The summed E-state index contributed by atoms with van der Waals surface area (Å²) < 4.78 is 26.1. The Labute approximate surface area is 209 Å². The van der Waals surface area contributed by atoms with Crippen molar-refractivity contribution in [3.05, 3.63) is 88.2 Å². The Morgan fingerprint density at radius 2 is 1.59 bits per heavy atom. The Bertz CT molecular complexity index is 1500. The maximum Gasteiger partial charge on any atom is 0.175 e. The predicted molar refractivity (Wildman–Crippen MR) is 138 cm³/mol. The van der Waals surface area contributed by atoms with Crippen LogP contribution in [0.15, 0.2) is 71.8 Å². The van der Waals surface area contributed by atoms with Crippen molar-refractivity contribution in [1.29, 1.82) is 0 Å². The number of aryl methyl sites for hydroxylation is 1. The smallest absolute Gasteiger partial charge is 0.175 e. The van der Waals surface area contributed by atoms with Crippen LogP contribution in [-0.2, 0) is 15.4 Å². The molecule has 0 unspecified atom stereocenters. The fourth-order valence-corrected chi connectivity index (χ4v) is 5.24. The van der Waals surface area contributed by atoms with Gasteiger partial charge in [0.2, 0.25) is 0 Å². The van der Waals surface area contributed by atoms with Gasteiger partial charge in [-0.05, 0) is 67.8 Å². The van der Waals surface area contributed by atoms with Crippen molar-refractivity contribution in [2.75, 3.05) is 6.26 Å². The summed E-state index contributed by atoms with van der Waals surface area (Å²) in [7, 11) is -3.36. The van der Waals surface area contributed by atoms with Crippen molar-refractivity contribution in [2.45, 2.75) is 31.3 Å². The number of aliphatic hydroxyl groups is 1. The maximum atomic E-state index is 12.2. The molecule has 4 rings (SSSR count). The first kappa shape index (κ1) is 24.5. The molecular formula is C26H24Cl2N2O3S. The molecule has 0 atom stereocenters. The van der Waals surface area contributed by atoms with Gasteiger partial charge in [0.25, 0.3) is 0 Å². The van der Waals surface area contributed by atoms with Gasteiger partial charge in [-0.15, -0.1) is 0 Å². The zero-order chi connectivity index (χ0) is 24.8. The Kier molecular flexibility index (Phi) is 6.38. The summed E-state index contributed by atoms with van der Waals surface area (Å²) in [5, 5.41) is 11.5. The van der Waals surface area contributed by atoms with Crippen LogP contribution in [0.25, 0.3) is 28.2 Å². The highest BCUT2D eigenvalue weighted by Gasteiger charge is 2.24. The average molecular weight is 515 g/mol. The van der Waals surface area contributed by atoms with Crippen LogP contribution in [0, 0.1) is 6.92 Å². The molecule has 0 fully saturated rings. The molecule has 1 heterocycles. The molecule has 0 spiro atoms. The number of hydrogen-bond donors (Lipinski definition) is 1. The number of aromatic nitrogens is 2. The van der Waals surface area contributed by atoms with E-state index in [0.29, 0.717) is 38.4 Å². The van der Waals surface area contributed by atoms with Crippen LogP contribution < -0.4 is 0 Å². The Balaban J connectivity index is 1.86. The van der Waals surface area contributed by atoms with Crippen LogP contribution in [0.1, 0.15) is 25.1 Å². The van der Waals surface area contributed by atoms with Crippen LogP contribution in [-0.4, -0.2) is 29.3 Å². The normalized spacial score (nSPS) is 12.2. The van der Waals surface area contributed by atoms with Gasteiger partial charge in [-0.25, -0.2) is 13.4 Å². The molecular weight excluding hydrogens is 491 g/mol. The zero-order valence-electron chi connectivity index (χ0n) is 19.2. The lowest BCUT2D eigenvalue weighted by Crippen LogP contribution is -2.15. The summed E-state index contributed by atoms with van der Waals surface area (Å²) in [5.74, 6) is 0.548. The van der Waals surface area contributed by atoms with E-state index >= 15 is 0 Å². The monoisotopic (exact) mass is 514 g/mol. The molecule has 3 aromatic carbocycles. The quantitative estimate of drug-likeness (QED) is 0.332. The molecule has 1 aromatic heterocycles. The molecule has 0 saturated heterocycles. The van der Waals surface area contributed by atoms with Gasteiger partial charge in [-0.2, -0.15) is 0 Å². The molecule has 1 N–H and O–H groups in total. The second kappa shape index (κ2) is 8.86. The van der Waals surface area contributed by atoms with E-state index in [1.807, 2.05) is 36.4 Å². The summed E-state index contributed by atoms with van der Waals surface area (Å²) in [6.07, 6.45) is 2.94. The lowest BCUT2D eigenvalue weighted by atomic mass is 10.0. The lowest BCUT2D eigenvalue weighted by molar-refractivity contribution is 0.0743. The van der Waals surface area contributed by atoms with Gasteiger partial charge in [-0.1, -0.05) is 53.5 Å². The number of nitrogens with zero attached hydrogens (tertiary/aromatic N) is 2. The van der Waals surface area contributed by atoms with Crippen LogP contribution in [0.5, 0.6) is 0 Å². The van der Waals surface area contributed by atoms with Gasteiger partial charge in [0.15, 0.2) is 9.84 Å². The Morgan fingerprint density at radius 1 is 0.941 bits per heavy atom. The Morgan fingerprint density at radius 3 is 2.21 bits per heavy atom.